The van der Waals surface area contributed by atoms with Gasteiger partial charge in [-0.15, -0.1) is 0 Å². The van der Waals surface area contributed by atoms with E-state index in [4.69, 9.17) is 0 Å². The molecule has 0 bridgehead atoms. The second kappa shape index (κ2) is 4.42. The number of hydrogen-bond acceptors (Lipinski definition) is 1. The predicted octanol–water partition coefficient (Wildman–Crippen LogP) is 3.25. The molecule has 0 heterocycles. The van der Waals surface area contributed by atoms with Gasteiger partial charge in [0.1, 0.15) is 0 Å². The van der Waals surface area contributed by atoms with Crippen molar-refractivity contribution in [2.45, 2.75) is 39.5 Å². The van der Waals surface area contributed by atoms with Crippen molar-refractivity contribution in [3.05, 3.63) is 0 Å². The Hall–Kier alpha value is -0.390. The Balaban J connectivity index is 4.27. The number of rotatable bonds is 3. The van der Waals surface area contributed by atoms with Crippen molar-refractivity contribution < 1.29 is 26.7 Å². The molecule has 1 atom stereocenters. The lowest BCUT2D eigenvalue weighted by atomic mass is 9.98. The summed E-state index contributed by atoms with van der Waals surface area (Å²) < 4.78 is 63.8. The van der Waals surface area contributed by atoms with Crippen molar-refractivity contribution in [2.75, 3.05) is 6.61 Å². The number of alkyl halides is 5. The fourth-order valence-electron chi connectivity index (χ4n) is 0.650. The van der Waals surface area contributed by atoms with Gasteiger partial charge in [0.25, 0.3) is 6.43 Å². The standard InChI is InChI=1S/C8H13F5O/c1-7(2,3)4-14-5(6(9)10)8(11,12)13/h5-6H,4H2,1-3H3. The zero-order valence-corrected chi connectivity index (χ0v) is 8.16. The van der Waals surface area contributed by atoms with Crippen molar-refractivity contribution >= 4 is 0 Å². The van der Waals surface area contributed by atoms with Crippen molar-refractivity contribution in [3.8, 4) is 0 Å². The number of ether oxygens (including phenoxy) is 1. The minimum absolute atomic E-state index is 0.360. The van der Waals surface area contributed by atoms with E-state index in [1.165, 1.54) is 0 Å². The highest BCUT2D eigenvalue weighted by Gasteiger charge is 2.47. The molecule has 6 heteroatoms. The maximum atomic E-state index is 11.9. The molecule has 0 aliphatic carbocycles. The zero-order chi connectivity index (χ0) is 11.6. The summed E-state index contributed by atoms with van der Waals surface area (Å²) in [6, 6.07) is 0. The van der Waals surface area contributed by atoms with Gasteiger partial charge in [-0.25, -0.2) is 8.78 Å². The fourth-order valence-corrected chi connectivity index (χ4v) is 0.650. The van der Waals surface area contributed by atoms with Crippen LogP contribution in [-0.2, 0) is 4.74 Å². The largest absolute Gasteiger partial charge is 0.420 e. The minimum atomic E-state index is -5.01. The van der Waals surface area contributed by atoms with Crippen LogP contribution in [0.3, 0.4) is 0 Å². The van der Waals surface area contributed by atoms with Gasteiger partial charge in [0.2, 0.25) is 6.10 Å². The Labute approximate surface area is 79.2 Å². The summed E-state index contributed by atoms with van der Waals surface area (Å²) in [6.07, 6.45) is -11.5. The van der Waals surface area contributed by atoms with Gasteiger partial charge in [-0.05, 0) is 5.41 Å². The lowest BCUT2D eigenvalue weighted by Crippen LogP contribution is -2.39. The Morgan fingerprint density at radius 3 is 1.71 bits per heavy atom. The first-order valence-electron chi connectivity index (χ1n) is 4.00. The molecule has 0 amide bonds. The van der Waals surface area contributed by atoms with Crippen LogP contribution < -0.4 is 0 Å². The van der Waals surface area contributed by atoms with Gasteiger partial charge in [0.15, 0.2) is 0 Å². The Morgan fingerprint density at radius 1 is 1.07 bits per heavy atom. The zero-order valence-electron chi connectivity index (χ0n) is 8.16. The summed E-state index contributed by atoms with van der Waals surface area (Å²) in [7, 11) is 0. The van der Waals surface area contributed by atoms with Gasteiger partial charge in [-0.1, -0.05) is 20.8 Å². The Bertz CT molecular complexity index is 170. The topological polar surface area (TPSA) is 9.23 Å². The third-order valence-electron chi connectivity index (χ3n) is 1.25. The van der Waals surface area contributed by atoms with E-state index in [-0.39, 0.29) is 6.61 Å². The van der Waals surface area contributed by atoms with E-state index in [0.717, 1.165) is 0 Å². The first kappa shape index (κ1) is 13.6. The first-order valence-corrected chi connectivity index (χ1v) is 4.00. The highest BCUT2D eigenvalue weighted by atomic mass is 19.4. The van der Waals surface area contributed by atoms with Gasteiger partial charge in [-0.2, -0.15) is 13.2 Å². The van der Waals surface area contributed by atoms with Crippen LogP contribution >= 0.6 is 0 Å². The van der Waals surface area contributed by atoms with Crippen LogP contribution in [-0.4, -0.2) is 25.3 Å². The first-order chi connectivity index (χ1) is 6.04. The molecular formula is C8H13F5O. The summed E-state index contributed by atoms with van der Waals surface area (Å²) in [5.74, 6) is 0. The van der Waals surface area contributed by atoms with Crippen LogP contribution in [0.15, 0.2) is 0 Å². The highest BCUT2D eigenvalue weighted by Crippen LogP contribution is 2.29. The molecule has 1 nitrogen and oxygen atoms in total. The van der Waals surface area contributed by atoms with Crippen LogP contribution in [0.2, 0.25) is 0 Å². The van der Waals surface area contributed by atoms with Crippen molar-refractivity contribution in [1.82, 2.24) is 0 Å². The van der Waals surface area contributed by atoms with E-state index in [0.29, 0.717) is 0 Å². The average Bonchev–Trinajstić information content (AvgIpc) is 1.79. The summed E-state index contributed by atoms with van der Waals surface area (Å²) in [6.45, 7) is 4.45. The quantitative estimate of drug-likeness (QED) is 0.663. The van der Waals surface area contributed by atoms with Crippen LogP contribution in [0.4, 0.5) is 22.0 Å². The third kappa shape index (κ3) is 5.36. The van der Waals surface area contributed by atoms with E-state index >= 15 is 0 Å². The number of halogens is 5. The lowest BCUT2D eigenvalue weighted by molar-refractivity contribution is -0.258. The molecule has 0 radical (unpaired) electrons. The molecule has 0 N–H and O–H groups in total. The maximum absolute atomic E-state index is 11.9. The molecule has 0 aromatic heterocycles. The van der Waals surface area contributed by atoms with Crippen LogP contribution in [0.5, 0.6) is 0 Å². The smallest absolute Gasteiger partial charge is 0.363 e. The molecule has 0 aromatic rings. The van der Waals surface area contributed by atoms with E-state index in [1.807, 2.05) is 0 Å². The van der Waals surface area contributed by atoms with Crippen molar-refractivity contribution in [2.24, 2.45) is 5.41 Å². The molecule has 0 saturated carbocycles. The highest BCUT2D eigenvalue weighted by molar-refractivity contribution is 4.72. The van der Waals surface area contributed by atoms with Gasteiger partial charge < -0.3 is 4.74 Å². The van der Waals surface area contributed by atoms with Crippen molar-refractivity contribution in [1.29, 1.82) is 0 Å². The van der Waals surface area contributed by atoms with E-state index in [9.17, 15) is 22.0 Å². The summed E-state index contributed by atoms with van der Waals surface area (Å²) in [5, 5.41) is 0. The van der Waals surface area contributed by atoms with E-state index in [2.05, 4.69) is 4.74 Å². The minimum Gasteiger partial charge on any atom is -0.363 e. The van der Waals surface area contributed by atoms with Gasteiger partial charge >= 0.3 is 6.18 Å². The second-order valence-corrected chi connectivity index (χ2v) is 4.17. The molecule has 86 valence electrons. The summed E-state index contributed by atoms with van der Waals surface area (Å²) >= 11 is 0. The SMILES string of the molecule is CC(C)(C)COC(C(F)F)C(F)(F)F. The fraction of sp³-hybridized carbons (Fsp3) is 1.00. The second-order valence-electron chi connectivity index (χ2n) is 4.17. The average molecular weight is 220 g/mol. The normalized spacial score (nSPS) is 16.1. The van der Waals surface area contributed by atoms with Crippen molar-refractivity contribution in [3.63, 3.8) is 0 Å². The third-order valence-corrected chi connectivity index (χ3v) is 1.25. The Kier molecular flexibility index (Phi) is 4.30. The molecule has 0 spiro atoms. The van der Waals surface area contributed by atoms with Gasteiger partial charge in [0, 0.05) is 0 Å². The maximum Gasteiger partial charge on any atom is 0.420 e. The molecule has 0 saturated heterocycles. The van der Waals surface area contributed by atoms with Gasteiger partial charge in [-0.3, -0.25) is 0 Å². The number of hydrogen-bond donors (Lipinski definition) is 0. The summed E-state index contributed by atoms with van der Waals surface area (Å²) in [5.41, 5.74) is -0.571. The molecular weight excluding hydrogens is 207 g/mol. The predicted molar refractivity (Wildman–Crippen MR) is 41.3 cm³/mol. The van der Waals surface area contributed by atoms with Crippen LogP contribution in [0.25, 0.3) is 0 Å². The summed E-state index contributed by atoms with van der Waals surface area (Å²) in [4.78, 5) is 0. The molecule has 0 fully saturated rings. The molecule has 0 aliphatic heterocycles. The molecule has 0 aliphatic rings. The van der Waals surface area contributed by atoms with Gasteiger partial charge in [0.05, 0.1) is 6.61 Å². The van der Waals surface area contributed by atoms with Crippen LogP contribution in [0.1, 0.15) is 20.8 Å². The molecule has 14 heavy (non-hydrogen) atoms. The lowest BCUT2D eigenvalue weighted by Gasteiger charge is -2.25. The van der Waals surface area contributed by atoms with Crippen LogP contribution in [0, 0.1) is 5.41 Å². The molecule has 1 unspecified atom stereocenters. The Morgan fingerprint density at radius 2 is 1.50 bits per heavy atom. The molecule has 0 aromatic carbocycles. The monoisotopic (exact) mass is 220 g/mol. The van der Waals surface area contributed by atoms with E-state index < -0.39 is 24.1 Å². The van der Waals surface area contributed by atoms with E-state index in [1.54, 1.807) is 20.8 Å². The molecule has 0 rings (SSSR count).